The van der Waals surface area contributed by atoms with Crippen LogP contribution in [0.5, 0.6) is 0 Å². The lowest BCUT2D eigenvalue weighted by atomic mass is 9.94. The topological polar surface area (TPSA) is 103 Å². The van der Waals surface area contributed by atoms with Crippen molar-refractivity contribution >= 4 is 46.6 Å². The van der Waals surface area contributed by atoms with E-state index < -0.39 is 23.7 Å². The molecule has 1 atom stereocenters. The number of aromatic nitrogens is 1. The van der Waals surface area contributed by atoms with Gasteiger partial charge in [0.05, 0.1) is 28.8 Å². The molecule has 1 fully saturated rings. The molecule has 10 heteroatoms. The smallest absolute Gasteiger partial charge is 0.354 e. The minimum absolute atomic E-state index is 0.0668. The summed E-state index contributed by atoms with van der Waals surface area (Å²) >= 11 is 12.4. The van der Waals surface area contributed by atoms with Gasteiger partial charge in [-0.05, 0) is 63.2 Å². The summed E-state index contributed by atoms with van der Waals surface area (Å²) in [6.45, 7) is 10.2. The van der Waals surface area contributed by atoms with Gasteiger partial charge in [0.25, 0.3) is 11.7 Å². The van der Waals surface area contributed by atoms with Crippen molar-refractivity contribution in [1.29, 1.82) is 0 Å². The fourth-order valence-corrected chi connectivity index (χ4v) is 5.00. The Hall–Kier alpha value is -2.81. The van der Waals surface area contributed by atoms with Crippen LogP contribution in [0.2, 0.25) is 10.0 Å². The SMILES string of the molecule is CCN(CC)CCCN1C(=O)C(=O)C(=C(O)c2c(C)[nH]c(C(=O)OC)c2C)C1c1ccc(Cl)c(Cl)c1. The number of aryl methyl sites for hydroxylation is 1. The molecule has 2 aromatic rings. The molecule has 2 N–H and O–H groups in total. The van der Waals surface area contributed by atoms with Gasteiger partial charge >= 0.3 is 5.97 Å². The number of aliphatic hydroxyl groups excluding tert-OH is 1. The first-order valence-corrected chi connectivity index (χ1v) is 12.6. The molecule has 2 heterocycles. The summed E-state index contributed by atoms with van der Waals surface area (Å²) in [5, 5.41) is 12.0. The summed E-state index contributed by atoms with van der Waals surface area (Å²) in [5.41, 5.74) is 1.80. The second kappa shape index (κ2) is 11.5. The summed E-state index contributed by atoms with van der Waals surface area (Å²) in [6.07, 6.45) is 0.640. The number of carbonyl (C=O) groups excluding carboxylic acids is 3. The maximum absolute atomic E-state index is 13.3. The lowest BCUT2D eigenvalue weighted by Crippen LogP contribution is -2.33. The molecule has 1 aliphatic rings. The van der Waals surface area contributed by atoms with Crippen LogP contribution in [0.15, 0.2) is 23.8 Å². The molecular weight excluding hydrogens is 505 g/mol. The van der Waals surface area contributed by atoms with Crippen LogP contribution in [0, 0.1) is 13.8 Å². The number of likely N-dealkylation sites (tertiary alicyclic amines) is 1. The third-order valence-corrected chi connectivity index (χ3v) is 7.37. The van der Waals surface area contributed by atoms with Gasteiger partial charge in [-0.1, -0.05) is 43.1 Å². The first kappa shape index (κ1) is 27.8. The predicted octanol–water partition coefficient (Wildman–Crippen LogP) is 4.88. The molecule has 0 spiro atoms. The lowest BCUT2D eigenvalue weighted by Gasteiger charge is -2.27. The number of nitrogens with zero attached hydrogens (tertiary/aromatic N) is 2. The Bertz CT molecular complexity index is 1220. The Kier molecular flexibility index (Phi) is 8.87. The number of benzene rings is 1. The standard InChI is InChI=1S/C26H31Cl2N3O5/c1-6-30(7-2)11-8-12-31-22(16-9-10-17(27)18(28)13-16)20(24(33)25(31)34)23(32)19-14(3)21(26(35)36-5)29-15(19)4/h9-10,13,22,29,32H,6-8,11-12H2,1-5H3. The second-order valence-electron chi connectivity index (χ2n) is 8.66. The van der Waals surface area contributed by atoms with Gasteiger partial charge in [-0.2, -0.15) is 0 Å². The van der Waals surface area contributed by atoms with Crippen LogP contribution in [0.25, 0.3) is 5.76 Å². The van der Waals surface area contributed by atoms with Gasteiger partial charge in [0, 0.05) is 17.8 Å². The number of methoxy groups -OCH3 is 1. The van der Waals surface area contributed by atoms with E-state index in [1.54, 1.807) is 32.0 Å². The van der Waals surface area contributed by atoms with E-state index in [-0.39, 0.29) is 27.6 Å². The Morgan fingerprint density at radius 3 is 2.42 bits per heavy atom. The van der Waals surface area contributed by atoms with Crippen molar-refractivity contribution in [1.82, 2.24) is 14.8 Å². The van der Waals surface area contributed by atoms with Gasteiger partial charge in [0.15, 0.2) is 0 Å². The quantitative estimate of drug-likeness (QED) is 0.205. The second-order valence-corrected chi connectivity index (χ2v) is 9.48. The largest absolute Gasteiger partial charge is 0.507 e. The number of H-pyrrole nitrogens is 1. The molecule has 3 rings (SSSR count). The van der Waals surface area contributed by atoms with E-state index >= 15 is 0 Å². The zero-order valence-corrected chi connectivity index (χ0v) is 22.6. The number of aliphatic hydroxyl groups is 1. The molecule has 0 saturated carbocycles. The number of esters is 1. The molecule has 0 bridgehead atoms. The molecule has 194 valence electrons. The number of rotatable bonds is 9. The zero-order valence-electron chi connectivity index (χ0n) is 21.1. The summed E-state index contributed by atoms with van der Waals surface area (Å²) in [6, 6.07) is 4.01. The van der Waals surface area contributed by atoms with E-state index in [4.69, 9.17) is 27.9 Å². The van der Waals surface area contributed by atoms with Crippen LogP contribution in [0.1, 0.15) is 59.2 Å². The van der Waals surface area contributed by atoms with Gasteiger partial charge in [0.1, 0.15) is 11.5 Å². The number of aromatic amines is 1. The number of ketones is 1. The molecule has 36 heavy (non-hydrogen) atoms. The molecule has 1 aliphatic heterocycles. The Morgan fingerprint density at radius 2 is 1.83 bits per heavy atom. The number of hydrogen-bond donors (Lipinski definition) is 2. The van der Waals surface area contributed by atoms with E-state index in [1.807, 2.05) is 0 Å². The molecule has 1 saturated heterocycles. The number of ether oxygens (including phenoxy) is 1. The number of hydrogen-bond acceptors (Lipinski definition) is 6. The normalized spacial score (nSPS) is 17.3. The molecule has 1 aromatic heterocycles. The molecule has 0 radical (unpaired) electrons. The zero-order chi connectivity index (χ0) is 26.7. The third-order valence-electron chi connectivity index (χ3n) is 6.63. The summed E-state index contributed by atoms with van der Waals surface area (Å²) in [5.74, 6) is -2.47. The maximum Gasteiger partial charge on any atom is 0.354 e. The highest BCUT2D eigenvalue weighted by Crippen LogP contribution is 2.42. The van der Waals surface area contributed by atoms with Crippen molar-refractivity contribution < 1.29 is 24.2 Å². The minimum atomic E-state index is -0.869. The molecule has 0 aliphatic carbocycles. The van der Waals surface area contributed by atoms with Gasteiger partial charge < -0.3 is 24.6 Å². The fourth-order valence-electron chi connectivity index (χ4n) is 4.69. The van der Waals surface area contributed by atoms with E-state index in [1.165, 1.54) is 12.0 Å². The highest BCUT2D eigenvalue weighted by molar-refractivity contribution is 6.47. The van der Waals surface area contributed by atoms with Gasteiger partial charge in [0.2, 0.25) is 0 Å². The Morgan fingerprint density at radius 1 is 1.17 bits per heavy atom. The van der Waals surface area contributed by atoms with Crippen LogP contribution < -0.4 is 0 Å². The van der Waals surface area contributed by atoms with Gasteiger partial charge in [-0.3, -0.25) is 9.59 Å². The first-order valence-electron chi connectivity index (χ1n) is 11.8. The molecular formula is C26H31Cl2N3O5. The van der Waals surface area contributed by atoms with Gasteiger partial charge in [-0.15, -0.1) is 0 Å². The van der Waals surface area contributed by atoms with Crippen molar-refractivity contribution in [3.8, 4) is 0 Å². The monoisotopic (exact) mass is 535 g/mol. The average molecular weight is 536 g/mol. The van der Waals surface area contributed by atoms with Crippen molar-refractivity contribution in [3.05, 3.63) is 61.9 Å². The fraction of sp³-hybridized carbons (Fsp3) is 0.423. The highest BCUT2D eigenvalue weighted by atomic mass is 35.5. The Balaban J connectivity index is 2.15. The van der Waals surface area contributed by atoms with Gasteiger partial charge in [-0.25, -0.2) is 4.79 Å². The van der Waals surface area contributed by atoms with E-state index in [0.717, 1.165) is 19.6 Å². The third kappa shape index (κ3) is 5.16. The van der Waals surface area contributed by atoms with Crippen LogP contribution in [-0.2, 0) is 14.3 Å². The molecule has 1 amide bonds. The summed E-state index contributed by atoms with van der Waals surface area (Å²) < 4.78 is 4.81. The van der Waals surface area contributed by atoms with Crippen LogP contribution in [0.4, 0.5) is 0 Å². The lowest BCUT2D eigenvalue weighted by molar-refractivity contribution is -0.140. The number of carbonyl (C=O) groups is 3. The van der Waals surface area contributed by atoms with Crippen molar-refractivity contribution in [2.24, 2.45) is 0 Å². The molecule has 1 aromatic carbocycles. The van der Waals surface area contributed by atoms with Crippen LogP contribution >= 0.6 is 23.2 Å². The number of halogens is 2. The van der Waals surface area contributed by atoms with Crippen molar-refractivity contribution in [2.45, 2.75) is 40.2 Å². The van der Waals surface area contributed by atoms with Crippen LogP contribution in [0.3, 0.4) is 0 Å². The van der Waals surface area contributed by atoms with Crippen molar-refractivity contribution in [3.63, 3.8) is 0 Å². The maximum atomic E-state index is 13.3. The average Bonchev–Trinajstić information content (AvgIpc) is 3.29. The molecule has 1 unspecified atom stereocenters. The molecule has 8 nitrogen and oxygen atoms in total. The number of nitrogens with one attached hydrogen (secondary N) is 1. The van der Waals surface area contributed by atoms with Crippen molar-refractivity contribution in [2.75, 3.05) is 33.3 Å². The number of amides is 1. The number of Topliss-reactive ketones (excluding diaryl/α,β-unsaturated/α-hetero) is 1. The van der Waals surface area contributed by atoms with Crippen LogP contribution in [-0.4, -0.2) is 70.8 Å². The minimum Gasteiger partial charge on any atom is -0.507 e. The summed E-state index contributed by atoms with van der Waals surface area (Å²) in [4.78, 5) is 45.3. The Labute approximate surface area is 220 Å². The predicted molar refractivity (Wildman–Crippen MR) is 139 cm³/mol. The highest BCUT2D eigenvalue weighted by Gasteiger charge is 2.46. The van der Waals surface area contributed by atoms with E-state index in [2.05, 4.69) is 23.7 Å². The first-order chi connectivity index (χ1) is 17.1. The van der Waals surface area contributed by atoms with E-state index in [9.17, 15) is 19.5 Å². The van der Waals surface area contributed by atoms with E-state index in [0.29, 0.717) is 34.8 Å². The summed E-state index contributed by atoms with van der Waals surface area (Å²) in [7, 11) is 1.26.